The van der Waals surface area contributed by atoms with E-state index in [-0.39, 0.29) is 0 Å². The molecule has 1 aromatic heterocycles. The molecule has 0 fully saturated rings. The van der Waals surface area contributed by atoms with Gasteiger partial charge in [-0.15, -0.1) is 0 Å². The second-order valence-corrected chi connectivity index (χ2v) is 5.02. The molecule has 1 aromatic rings. The van der Waals surface area contributed by atoms with Gasteiger partial charge in [-0.05, 0) is 38.3 Å². The van der Waals surface area contributed by atoms with Crippen LogP contribution in [0.15, 0.2) is 6.07 Å². The lowest BCUT2D eigenvalue weighted by Crippen LogP contribution is -2.29. The van der Waals surface area contributed by atoms with Crippen molar-refractivity contribution < 1.29 is 0 Å². The molecular formula is C14H26N4. The first-order valence-electron chi connectivity index (χ1n) is 6.89. The second kappa shape index (κ2) is 7.31. The maximum absolute atomic E-state index is 5.59. The molecule has 0 aromatic carbocycles. The van der Waals surface area contributed by atoms with E-state index in [1.165, 1.54) is 0 Å². The monoisotopic (exact) mass is 250 g/mol. The summed E-state index contributed by atoms with van der Waals surface area (Å²) >= 11 is 0. The molecule has 0 amide bonds. The van der Waals surface area contributed by atoms with Gasteiger partial charge in [0.2, 0.25) is 5.95 Å². The van der Waals surface area contributed by atoms with E-state index >= 15 is 0 Å². The molecule has 0 spiro atoms. The van der Waals surface area contributed by atoms with Crippen LogP contribution in [0.2, 0.25) is 0 Å². The number of anilines is 1. The number of nitrogens with two attached hydrogens (primary N) is 1. The van der Waals surface area contributed by atoms with E-state index in [1.807, 2.05) is 6.92 Å². The third-order valence-corrected chi connectivity index (χ3v) is 2.86. The van der Waals surface area contributed by atoms with Gasteiger partial charge in [-0.3, -0.25) is 0 Å². The van der Waals surface area contributed by atoms with Crippen molar-refractivity contribution in [2.75, 3.05) is 24.5 Å². The van der Waals surface area contributed by atoms with E-state index < -0.39 is 0 Å². The van der Waals surface area contributed by atoms with E-state index in [2.05, 4.69) is 41.7 Å². The number of aryl methyl sites for hydroxylation is 1. The highest BCUT2D eigenvalue weighted by atomic mass is 15.2. The Morgan fingerprint density at radius 3 is 2.56 bits per heavy atom. The highest BCUT2D eigenvalue weighted by molar-refractivity contribution is 5.33. The Bertz CT molecular complexity index is 363. The summed E-state index contributed by atoms with van der Waals surface area (Å²) in [6.07, 6.45) is 2.08. The summed E-state index contributed by atoms with van der Waals surface area (Å²) in [5.74, 6) is 1.29. The smallest absolute Gasteiger partial charge is 0.225 e. The molecule has 0 aliphatic carbocycles. The minimum atomic E-state index is 0.434. The summed E-state index contributed by atoms with van der Waals surface area (Å²) in [6.45, 7) is 11.2. The summed E-state index contributed by atoms with van der Waals surface area (Å²) in [4.78, 5) is 11.5. The largest absolute Gasteiger partial charge is 0.341 e. The van der Waals surface area contributed by atoms with Crippen molar-refractivity contribution in [2.45, 2.75) is 46.5 Å². The van der Waals surface area contributed by atoms with Crippen LogP contribution in [-0.2, 0) is 0 Å². The molecule has 2 N–H and O–H groups in total. The number of hydrogen-bond acceptors (Lipinski definition) is 4. The van der Waals surface area contributed by atoms with Gasteiger partial charge >= 0.3 is 0 Å². The van der Waals surface area contributed by atoms with Crippen molar-refractivity contribution in [1.29, 1.82) is 0 Å². The van der Waals surface area contributed by atoms with E-state index in [1.54, 1.807) is 0 Å². The van der Waals surface area contributed by atoms with Crippen LogP contribution in [-0.4, -0.2) is 29.6 Å². The van der Waals surface area contributed by atoms with E-state index in [9.17, 15) is 0 Å². The maximum Gasteiger partial charge on any atom is 0.225 e. The SMILES string of the molecule is CCCN(CCCN)c1nc(C)cc(C(C)C)n1. The van der Waals surface area contributed by atoms with Gasteiger partial charge in [-0.1, -0.05) is 20.8 Å². The lowest BCUT2D eigenvalue weighted by molar-refractivity contribution is 0.690. The van der Waals surface area contributed by atoms with Crippen molar-refractivity contribution in [3.63, 3.8) is 0 Å². The van der Waals surface area contributed by atoms with Gasteiger partial charge in [0.25, 0.3) is 0 Å². The Morgan fingerprint density at radius 1 is 1.28 bits per heavy atom. The number of nitrogens with zero attached hydrogens (tertiary/aromatic N) is 3. The molecule has 0 bridgehead atoms. The molecule has 0 aliphatic rings. The zero-order valence-corrected chi connectivity index (χ0v) is 12.1. The van der Waals surface area contributed by atoms with Crippen molar-refractivity contribution in [1.82, 2.24) is 9.97 Å². The number of aromatic nitrogens is 2. The van der Waals surface area contributed by atoms with Crippen LogP contribution in [0.5, 0.6) is 0 Å². The van der Waals surface area contributed by atoms with Gasteiger partial charge in [0.05, 0.1) is 0 Å². The minimum Gasteiger partial charge on any atom is -0.341 e. The fourth-order valence-electron chi connectivity index (χ4n) is 1.88. The molecule has 0 saturated heterocycles. The van der Waals surface area contributed by atoms with Crippen LogP contribution in [0.25, 0.3) is 0 Å². The summed E-state index contributed by atoms with van der Waals surface area (Å²) < 4.78 is 0. The Balaban J connectivity index is 2.95. The normalized spacial score (nSPS) is 11.0. The quantitative estimate of drug-likeness (QED) is 0.807. The predicted molar refractivity (Wildman–Crippen MR) is 77.0 cm³/mol. The van der Waals surface area contributed by atoms with Crippen LogP contribution >= 0.6 is 0 Å². The van der Waals surface area contributed by atoms with E-state index in [0.717, 1.165) is 43.3 Å². The van der Waals surface area contributed by atoms with Crippen LogP contribution in [0.3, 0.4) is 0 Å². The standard InChI is InChI=1S/C14H26N4/c1-5-8-18(9-6-7-15)14-16-12(4)10-13(17-14)11(2)3/h10-11H,5-9,15H2,1-4H3. The third kappa shape index (κ3) is 4.26. The molecule has 1 rings (SSSR count). The van der Waals surface area contributed by atoms with Gasteiger partial charge in [0.1, 0.15) is 0 Å². The molecule has 0 aliphatic heterocycles. The van der Waals surface area contributed by atoms with Gasteiger partial charge in [0, 0.05) is 24.5 Å². The molecule has 0 unspecified atom stereocenters. The zero-order valence-electron chi connectivity index (χ0n) is 12.1. The van der Waals surface area contributed by atoms with Crippen molar-refractivity contribution in [2.24, 2.45) is 5.73 Å². The van der Waals surface area contributed by atoms with Gasteiger partial charge < -0.3 is 10.6 Å². The summed E-state index contributed by atoms with van der Waals surface area (Å²) in [6, 6.07) is 2.07. The molecule has 1 heterocycles. The highest BCUT2D eigenvalue weighted by Gasteiger charge is 2.11. The predicted octanol–water partition coefficient (Wildman–Crippen LogP) is 2.47. The van der Waals surface area contributed by atoms with Crippen LogP contribution < -0.4 is 10.6 Å². The van der Waals surface area contributed by atoms with E-state index in [0.29, 0.717) is 12.5 Å². The number of hydrogen-bond donors (Lipinski definition) is 1. The van der Waals surface area contributed by atoms with E-state index in [4.69, 9.17) is 5.73 Å². The molecule has 4 nitrogen and oxygen atoms in total. The van der Waals surface area contributed by atoms with Crippen LogP contribution in [0.1, 0.15) is 50.9 Å². The Morgan fingerprint density at radius 2 is 2.00 bits per heavy atom. The molecule has 18 heavy (non-hydrogen) atoms. The minimum absolute atomic E-state index is 0.434. The first-order chi connectivity index (χ1) is 8.58. The average molecular weight is 250 g/mol. The average Bonchev–Trinajstić information content (AvgIpc) is 2.33. The maximum atomic E-state index is 5.59. The fourth-order valence-corrected chi connectivity index (χ4v) is 1.88. The Hall–Kier alpha value is -1.16. The van der Waals surface area contributed by atoms with Crippen molar-refractivity contribution >= 4 is 5.95 Å². The van der Waals surface area contributed by atoms with Crippen molar-refractivity contribution in [3.8, 4) is 0 Å². The Kier molecular flexibility index (Phi) is 6.05. The van der Waals surface area contributed by atoms with Gasteiger partial charge in [-0.2, -0.15) is 0 Å². The first-order valence-corrected chi connectivity index (χ1v) is 6.89. The first kappa shape index (κ1) is 14.9. The molecule has 0 saturated carbocycles. The van der Waals surface area contributed by atoms with Gasteiger partial charge in [-0.25, -0.2) is 9.97 Å². The lowest BCUT2D eigenvalue weighted by Gasteiger charge is -2.23. The second-order valence-electron chi connectivity index (χ2n) is 5.02. The van der Waals surface area contributed by atoms with Crippen molar-refractivity contribution in [3.05, 3.63) is 17.5 Å². The molecular weight excluding hydrogens is 224 g/mol. The van der Waals surface area contributed by atoms with Crippen LogP contribution in [0.4, 0.5) is 5.95 Å². The lowest BCUT2D eigenvalue weighted by atomic mass is 10.1. The zero-order chi connectivity index (χ0) is 13.5. The molecule has 102 valence electrons. The number of rotatable bonds is 7. The topological polar surface area (TPSA) is 55.0 Å². The molecule has 0 atom stereocenters. The summed E-state index contributed by atoms with van der Waals surface area (Å²) in [5.41, 5.74) is 7.75. The van der Waals surface area contributed by atoms with Crippen LogP contribution in [0, 0.1) is 6.92 Å². The summed E-state index contributed by atoms with van der Waals surface area (Å²) in [7, 11) is 0. The highest BCUT2D eigenvalue weighted by Crippen LogP contribution is 2.17. The third-order valence-electron chi connectivity index (χ3n) is 2.86. The summed E-state index contributed by atoms with van der Waals surface area (Å²) in [5, 5.41) is 0. The Labute approximate surface area is 111 Å². The van der Waals surface area contributed by atoms with Gasteiger partial charge in [0.15, 0.2) is 0 Å². The fraction of sp³-hybridized carbons (Fsp3) is 0.714. The molecule has 0 radical (unpaired) electrons. The molecule has 4 heteroatoms.